The molecule has 0 spiro atoms. The normalized spacial score (nSPS) is 27.3. The second kappa shape index (κ2) is 7.10. The van der Waals surface area contributed by atoms with Crippen molar-refractivity contribution in [2.75, 3.05) is 0 Å². The standard InChI is InChI=1S/C17H20Cl2N2O2/c1-10(23-16-5-4-14(18)8-15(16)19)17(22)21-20-9-13-7-11-2-3-12(13)6-11/h4-5,8-13H,2-3,6-7H2,1H3,(H,21,22)/b20-9+. The van der Waals surface area contributed by atoms with Crippen LogP contribution in [-0.4, -0.2) is 18.2 Å². The molecule has 1 aromatic carbocycles. The van der Waals surface area contributed by atoms with Gasteiger partial charge in [-0.25, -0.2) is 5.43 Å². The third-order valence-corrected chi connectivity index (χ3v) is 5.33. The molecule has 0 aromatic heterocycles. The molecular formula is C17H20Cl2N2O2. The average molecular weight is 355 g/mol. The third-order valence-electron chi connectivity index (χ3n) is 4.80. The molecule has 2 saturated carbocycles. The molecule has 2 fully saturated rings. The molecule has 0 saturated heterocycles. The number of halogens is 2. The van der Waals surface area contributed by atoms with E-state index in [0.29, 0.717) is 21.7 Å². The van der Waals surface area contributed by atoms with E-state index in [1.165, 1.54) is 25.7 Å². The number of nitrogens with zero attached hydrogens (tertiary/aromatic N) is 1. The minimum Gasteiger partial charge on any atom is -0.479 e. The lowest BCUT2D eigenvalue weighted by molar-refractivity contribution is -0.127. The van der Waals surface area contributed by atoms with Crippen LogP contribution in [0.3, 0.4) is 0 Å². The van der Waals surface area contributed by atoms with E-state index in [4.69, 9.17) is 27.9 Å². The molecule has 6 heteroatoms. The maximum absolute atomic E-state index is 12.0. The second-order valence-corrected chi connectivity index (χ2v) is 7.27. The van der Waals surface area contributed by atoms with Crippen LogP contribution in [0.15, 0.2) is 23.3 Å². The molecule has 4 atom stereocenters. The zero-order valence-electron chi connectivity index (χ0n) is 13.0. The molecule has 2 aliphatic carbocycles. The number of hydrazone groups is 1. The van der Waals surface area contributed by atoms with Gasteiger partial charge in [0.15, 0.2) is 6.10 Å². The summed E-state index contributed by atoms with van der Waals surface area (Å²) in [4.78, 5) is 12.0. The van der Waals surface area contributed by atoms with Crippen LogP contribution in [0.5, 0.6) is 5.75 Å². The van der Waals surface area contributed by atoms with Crippen LogP contribution in [0.1, 0.15) is 32.6 Å². The quantitative estimate of drug-likeness (QED) is 0.632. The van der Waals surface area contributed by atoms with E-state index in [-0.39, 0.29) is 5.91 Å². The summed E-state index contributed by atoms with van der Waals surface area (Å²) in [6.45, 7) is 1.66. The molecule has 0 heterocycles. The van der Waals surface area contributed by atoms with Gasteiger partial charge in [-0.2, -0.15) is 5.10 Å². The Morgan fingerprint density at radius 2 is 2.22 bits per heavy atom. The van der Waals surface area contributed by atoms with Crippen molar-refractivity contribution in [3.63, 3.8) is 0 Å². The van der Waals surface area contributed by atoms with Crippen LogP contribution in [-0.2, 0) is 4.79 Å². The summed E-state index contributed by atoms with van der Waals surface area (Å²) in [5.41, 5.74) is 2.56. The SMILES string of the molecule is CC(Oc1ccc(Cl)cc1Cl)C(=O)N/N=C/C1CC2CCC1C2. The highest BCUT2D eigenvalue weighted by molar-refractivity contribution is 6.35. The Morgan fingerprint density at radius 1 is 1.39 bits per heavy atom. The van der Waals surface area contributed by atoms with Crippen molar-refractivity contribution in [3.8, 4) is 5.75 Å². The lowest BCUT2D eigenvalue weighted by Crippen LogP contribution is -2.33. The number of rotatable bonds is 5. The molecule has 2 aliphatic rings. The summed E-state index contributed by atoms with van der Waals surface area (Å²) in [6, 6.07) is 4.89. The average Bonchev–Trinajstić information content (AvgIpc) is 3.12. The highest BCUT2D eigenvalue weighted by Gasteiger charge is 2.38. The number of ether oxygens (including phenoxy) is 1. The highest BCUT2D eigenvalue weighted by Crippen LogP contribution is 2.47. The molecular weight excluding hydrogens is 335 g/mol. The molecule has 3 rings (SSSR count). The van der Waals surface area contributed by atoms with E-state index in [1.54, 1.807) is 25.1 Å². The minimum atomic E-state index is -0.689. The number of carbonyl (C=O) groups is 1. The lowest BCUT2D eigenvalue weighted by atomic mass is 9.90. The van der Waals surface area contributed by atoms with Crippen molar-refractivity contribution in [1.82, 2.24) is 5.43 Å². The smallest absolute Gasteiger partial charge is 0.280 e. The van der Waals surface area contributed by atoms with Gasteiger partial charge in [-0.15, -0.1) is 0 Å². The van der Waals surface area contributed by atoms with Crippen LogP contribution in [0.25, 0.3) is 0 Å². The Balaban J connectivity index is 1.49. The summed E-state index contributed by atoms with van der Waals surface area (Å²) in [7, 11) is 0. The monoisotopic (exact) mass is 354 g/mol. The molecule has 2 bridgehead atoms. The molecule has 0 radical (unpaired) electrons. The Bertz CT molecular complexity index is 621. The van der Waals surface area contributed by atoms with Crippen molar-refractivity contribution < 1.29 is 9.53 Å². The number of hydrogen-bond acceptors (Lipinski definition) is 3. The first-order valence-corrected chi connectivity index (χ1v) is 8.73. The van der Waals surface area contributed by atoms with E-state index in [1.807, 2.05) is 6.21 Å². The largest absolute Gasteiger partial charge is 0.479 e. The van der Waals surface area contributed by atoms with E-state index in [2.05, 4.69) is 10.5 Å². The first-order chi connectivity index (χ1) is 11.0. The number of amides is 1. The van der Waals surface area contributed by atoms with E-state index in [9.17, 15) is 4.79 Å². The molecule has 4 unspecified atom stereocenters. The van der Waals surface area contributed by atoms with Crippen LogP contribution >= 0.6 is 23.2 Å². The fourth-order valence-electron chi connectivity index (χ4n) is 3.58. The summed E-state index contributed by atoms with van der Waals surface area (Å²) >= 11 is 11.9. The minimum absolute atomic E-state index is 0.296. The van der Waals surface area contributed by atoms with Gasteiger partial charge in [0, 0.05) is 11.2 Å². The maximum Gasteiger partial charge on any atom is 0.280 e. The fraction of sp³-hybridized carbons (Fsp3) is 0.529. The number of hydrogen-bond donors (Lipinski definition) is 1. The highest BCUT2D eigenvalue weighted by atomic mass is 35.5. The zero-order valence-corrected chi connectivity index (χ0v) is 14.5. The third kappa shape index (κ3) is 3.99. The number of benzene rings is 1. The molecule has 1 aromatic rings. The van der Waals surface area contributed by atoms with E-state index in [0.717, 1.165) is 11.8 Å². The molecule has 0 aliphatic heterocycles. The first kappa shape index (κ1) is 16.6. The van der Waals surface area contributed by atoms with Crippen molar-refractivity contribution in [1.29, 1.82) is 0 Å². The van der Waals surface area contributed by atoms with Crippen molar-refractivity contribution in [2.45, 2.75) is 38.7 Å². The predicted molar refractivity (Wildman–Crippen MR) is 92.1 cm³/mol. The van der Waals surface area contributed by atoms with Crippen LogP contribution in [0.2, 0.25) is 10.0 Å². The van der Waals surface area contributed by atoms with Gasteiger partial charge in [0.25, 0.3) is 5.91 Å². The Hall–Kier alpha value is -1.26. The van der Waals surface area contributed by atoms with Gasteiger partial charge in [0.1, 0.15) is 5.75 Å². The number of carbonyl (C=O) groups excluding carboxylic acids is 1. The van der Waals surface area contributed by atoms with Gasteiger partial charge in [0.2, 0.25) is 0 Å². The predicted octanol–water partition coefficient (Wildman–Crippen LogP) is 4.30. The Kier molecular flexibility index (Phi) is 5.12. The van der Waals surface area contributed by atoms with Crippen LogP contribution in [0.4, 0.5) is 0 Å². The summed E-state index contributed by atoms with van der Waals surface area (Å²) in [5.74, 6) is 2.26. The summed E-state index contributed by atoms with van der Waals surface area (Å²) in [5, 5.41) is 5.01. The van der Waals surface area contributed by atoms with Crippen LogP contribution in [0, 0.1) is 17.8 Å². The molecule has 1 N–H and O–H groups in total. The molecule has 23 heavy (non-hydrogen) atoms. The Morgan fingerprint density at radius 3 is 2.87 bits per heavy atom. The molecule has 4 nitrogen and oxygen atoms in total. The van der Waals surface area contributed by atoms with Crippen LogP contribution < -0.4 is 10.2 Å². The van der Waals surface area contributed by atoms with Gasteiger partial charge in [-0.3, -0.25) is 4.79 Å². The van der Waals surface area contributed by atoms with Crippen molar-refractivity contribution in [3.05, 3.63) is 28.2 Å². The zero-order chi connectivity index (χ0) is 16.4. The van der Waals surface area contributed by atoms with Gasteiger partial charge in [-0.05, 0) is 62.1 Å². The van der Waals surface area contributed by atoms with Gasteiger partial charge >= 0.3 is 0 Å². The summed E-state index contributed by atoms with van der Waals surface area (Å²) in [6.07, 6.45) is 6.38. The number of fused-ring (bicyclic) bond motifs is 2. The van der Waals surface area contributed by atoms with Gasteiger partial charge < -0.3 is 4.74 Å². The second-order valence-electron chi connectivity index (χ2n) is 6.43. The lowest BCUT2D eigenvalue weighted by Gasteiger charge is -2.17. The van der Waals surface area contributed by atoms with Crippen molar-refractivity contribution in [2.24, 2.45) is 22.9 Å². The Labute approximate surface area is 146 Å². The maximum atomic E-state index is 12.0. The first-order valence-electron chi connectivity index (χ1n) is 7.97. The molecule has 1 amide bonds. The van der Waals surface area contributed by atoms with Gasteiger partial charge in [0.05, 0.1) is 5.02 Å². The topological polar surface area (TPSA) is 50.7 Å². The van der Waals surface area contributed by atoms with E-state index < -0.39 is 6.10 Å². The van der Waals surface area contributed by atoms with Gasteiger partial charge in [-0.1, -0.05) is 29.6 Å². The molecule has 124 valence electrons. The van der Waals surface area contributed by atoms with Crippen molar-refractivity contribution >= 4 is 35.3 Å². The fourth-order valence-corrected chi connectivity index (χ4v) is 4.03. The number of nitrogens with one attached hydrogen (secondary N) is 1. The summed E-state index contributed by atoms with van der Waals surface area (Å²) < 4.78 is 5.56. The van der Waals surface area contributed by atoms with E-state index >= 15 is 0 Å².